The molecule has 0 aromatic heterocycles. The number of ether oxygens (including phenoxy) is 1. The summed E-state index contributed by atoms with van der Waals surface area (Å²) < 4.78 is 5.55. The summed E-state index contributed by atoms with van der Waals surface area (Å²) in [5.74, 6) is 2.61. The molecule has 3 heteroatoms. The van der Waals surface area contributed by atoms with Crippen LogP contribution < -0.4 is 10.1 Å². The Labute approximate surface area is 129 Å². The van der Waals surface area contributed by atoms with Crippen LogP contribution in [-0.4, -0.2) is 31.6 Å². The predicted molar refractivity (Wildman–Crippen MR) is 88.6 cm³/mol. The Morgan fingerprint density at radius 2 is 1.95 bits per heavy atom. The molecule has 0 saturated carbocycles. The molecule has 1 heterocycles. The van der Waals surface area contributed by atoms with Gasteiger partial charge < -0.3 is 10.1 Å². The number of hydrogen-bond acceptors (Lipinski definition) is 3. The Kier molecular flexibility index (Phi) is 6.07. The van der Waals surface area contributed by atoms with E-state index in [4.69, 9.17) is 4.74 Å². The summed E-state index contributed by atoms with van der Waals surface area (Å²) in [6.07, 6.45) is 1.36. The second-order valence-corrected chi connectivity index (χ2v) is 6.57. The third-order valence-corrected chi connectivity index (χ3v) is 4.26. The topological polar surface area (TPSA) is 24.5 Å². The number of hydrogen-bond donors (Lipinski definition) is 1. The van der Waals surface area contributed by atoms with E-state index in [1.807, 2.05) is 0 Å². The van der Waals surface area contributed by atoms with Crippen molar-refractivity contribution in [1.82, 2.24) is 10.2 Å². The van der Waals surface area contributed by atoms with Gasteiger partial charge in [0.2, 0.25) is 0 Å². The van der Waals surface area contributed by atoms with Gasteiger partial charge in [-0.25, -0.2) is 0 Å². The van der Waals surface area contributed by atoms with E-state index in [1.54, 1.807) is 7.11 Å². The predicted octanol–water partition coefficient (Wildman–Crippen LogP) is 3.28. The number of benzene rings is 1. The zero-order valence-electron chi connectivity index (χ0n) is 14.0. The van der Waals surface area contributed by atoms with Crippen molar-refractivity contribution in [2.45, 2.75) is 40.3 Å². The Balaban J connectivity index is 2.09. The van der Waals surface area contributed by atoms with Gasteiger partial charge >= 0.3 is 0 Å². The van der Waals surface area contributed by atoms with Crippen LogP contribution in [0.3, 0.4) is 0 Å². The molecule has 1 aliphatic heterocycles. The summed E-state index contributed by atoms with van der Waals surface area (Å²) >= 11 is 0. The van der Waals surface area contributed by atoms with Crippen LogP contribution in [0.4, 0.5) is 0 Å². The van der Waals surface area contributed by atoms with Crippen LogP contribution in [0.15, 0.2) is 18.2 Å². The summed E-state index contributed by atoms with van der Waals surface area (Å²) in [4.78, 5) is 2.58. The minimum Gasteiger partial charge on any atom is -0.496 e. The molecule has 1 aliphatic rings. The number of nitrogens with zero attached hydrogens (tertiary/aromatic N) is 1. The molecule has 0 aliphatic carbocycles. The molecule has 1 N–H and O–H groups in total. The lowest BCUT2D eigenvalue weighted by Gasteiger charge is -2.35. The monoisotopic (exact) mass is 290 g/mol. The minimum absolute atomic E-state index is 0.796. The third-order valence-electron chi connectivity index (χ3n) is 4.26. The number of methoxy groups -OCH3 is 1. The molecule has 3 nitrogen and oxygen atoms in total. The molecule has 1 saturated heterocycles. The summed E-state index contributed by atoms with van der Waals surface area (Å²) in [7, 11) is 1.77. The van der Waals surface area contributed by atoms with Crippen molar-refractivity contribution in [3.8, 4) is 5.75 Å². The van der Waals surface area contributed by atoms with Gasteiger partial charge in [-0.05, 0) is 42.5 Å². The molecule has 0 spiro atoms. The van der Waals surface area contributed by atoms with Crippen LogP contribution in [0.5, 0.6) is 5.75 Å². The smallest absolute Gasteiger partial charge is 0.123 e. The van der Waals surface area contributed by atoms with Crippen molar-refractivity contribution in [3.63, 3.8) is 0 Å². The van der Waals surface area contributed by atoms with Crippen molar-refractivity contribution >= 4 is 0 Å². The molecule has 1 aromatic carbocycles. The summed E-state index contributed by atoms with van der Waals surface area (Å²) in [6, 6.07) is 6.57. The van der Waals surface area contributed by atoms with Crippen molar-refractivity contribution in [2.75, 3.05) is 26.7 Å². The highest BCUT2D eigenvalue weighted by molar-refractivity contribution is 5.37. The van der Waals surface area contributed by atoms with E-state index in [1.165, 1.54) is 30.6 Å². The first-order valence-electron chi connectivity index (χ1n) is 8.21. The largest absolute Gasteiger partial charge is 0.496 e. The van der Waals surface area contributed by atoms with Crippen LogP contribution in [0.1, 0.15) is 38.3 Å². The Hall–Kier alpha value is -1.06. The Morgan fingerprint density at radius 1 is 1.24 bits per heavy atom. The van der Waals surface area contributed by atoms with Crippen LogP contribution in [-0.2, 0) is 13.1 Å². The molecule has 1 aromatic rings. The van der Waals surface area contributed by atoms with Crippen molar-refractivity contribution in [3.05, 3.63) is 29.3 Å². The van der Waals surface area contributed by atoms with Crippen LogP contribution in [0.2, 0.25) is 0 Å². The van der Waals surface area contributed by atoms with E-state index < -0.39 is 0 Å². The fraction of sp³-hybridized carbons (Fsp3) is 0.667. The first kappa shape index (κ1) is 16.3. The fourth-order valence-corrected chi connectivity index (χ4v) is 3.50. The molecule has 0 amide bonds. The van der Waals surface area contributed by atoms with Gasteiger partial charge in [0.15, 0.2) is 0 Å². The summed E-state index contributed by atoms with van der Waals surface area (Å²) in [6.45, 7) is 12.2. The van der Waals surface area contributed by atoms with E-state index in [-0.39, 0.29) is 0 Å². The molecule has 21 heavy (non-hydrogen) atoms. The highest BCUT2D eigenvalue weighted by Crippen LogP contribution is 2.26. The molecule has 2 atom stereocenters. The van der Waals surface area contributed by atoms with Gasteiger partial charge in [-0.1, -0.05) is 26.8 Å². The Morgan fingerprint density at radius 3 is 2.57 bits per heavy atom. The maximum atomic E-state index is 5.55. The zero-order chi connectivity index (χ0) is 15.2. The van der Waals surface area contributed by atoms with Gasteiger partial charge in [-0.3, -0.25) is 4.90 Å². The van der Waals surface area contributed by atoms with Gasteiger partial charge in [0.25, 0.3) is 0 Å². The average Bonchev–Trinajstić information content (AvgIpc) is 2.44. The highest BCUT2D eigenvalue weighted by Gasteiger charge is 2.22. The molecule has 2 unspecified atom stereocenters. The first-order valence-corrected chi connectivity index (χ1v) is 8.21. The standard InChI is InChI=1S/C18H30N2O/c1-5-19-10-16-6-7-18(21-4)17(9-16)13-20-11-14(2)8-15(3)12-20/h6-7,9,14-15,19H,5,8,10-13H2,1-4H3. The van der Waals surface area contributed by atoms with Crippen LogP contribution in [0, 0.1) is 11.8 Å². The van der Waals surface area contributed by atoms with Crippen molar-refractivity contribution < 1.29 is 4.74 Å². The molecule has 0 radical (unpaired) electrons. The quantitative estimate of drug-likeness (QED) is 0.870. The van der Waals surface area contributed by atoms with Crippen molar-refractivity contribution in [2.24, 2.45) is 11.8 Å². The Bertz CT molecular complexity index is 437. The maximum absolute atomic E-state index is 5.55. The lowest BCUT2D eigenvalue weighted by Crippen LogP contribution is -2.38. The lowest BCUT2D eigenvalue weighted by molar-refractivity contribution is 0.133. The average molecular weight is 290 g/mol. The number of piperidine rings is 1. The number of rotatable bonds is 6. The van der Waals surface area contributed by atoms with E-state index in [9.17, 15) is 0 Å². The van der Waals surface area contributed by atoms with Crippen LogP contribution in [0.25, 0.3) is 0 Å². The molecule has 118 valence electrons. The normalized spacial score (nSPS) is 23.2. The number of likely N-dealkylation sites (tertiary alicyclic amines) is 1. The maximum Gasteiger partial charge on any atom is 0.123 e. The van der Waals surface area contributed by atoms with E-state index >= 15 is 0 Å². The van der Waals surface area contributed by atoms with Gasteiger partial charge in [0.1, 0.15) is 5.75 Å². The molecular formula is C18H30N2O. The second-order valence-electron chi connectivity index (χ2n) is 6.57. The molecular weight excluding hydrogens is 260 g/mol. The van der Waals surface area contributed by atoms with Crippen LogP contribution >= 0.6 is 0 Å². The zero-order valence-corrected chi connectivity index (χ0v) is 14.0. The molecule has 0 bridgehead atoms. The van der Waals surface area contributed by atoms with E-state index in [2.05, 4.69) is 49.2 Å². The summed E-state index contributed by atoms with van der Waals surface area (Å²) in [5, 5.41) is 3.39. The van der Waals surface area contributed by atoms with Gasteiger partial charge in [0, 0.05) is 31.7 Å². The van der Waals surface area contributed by atoms with E-state index in [0.29, 0.717) is 0 Å². The highest BCUT2D eigenvalue weighted by atomic mass is 16.5. The SMILES string of the molecule is CCNCc1ccc(OC)c(CN2CC(C)CC(C)C2)c1. The number of nitrogens with one attached hydrogen (secondary N) is 1. The first-order chi connectivity index (χ1) is 10.1. The minimum atomic E-state index is 0.796. The van der Waals surface area contributed by atoms with Gasteiger partial charge in [-0.15, -0.1) is 0 Å². The third kappa shape index (κ3) is 4.72. The lowest BCUT2D eigenvalue weighted by atomic mass is 9.91. The van der Waals surface area contributed by atoms with Gasteiger partial charge in [-0.2, -0.15) is 0 Å². The van der Waals surface area contributed by atoms with E-state index in [0.717, 1.165) is 37.2 Å². The molecule has 2 rings (SSSR count). The fourth-order valence-electron chi connectivity index (χ4n) is 3.50. The molecule has 1 fully saturated rings. The van der Waals surface area contributed by atoms with Crippen molar-refractivity contribution in [1.29, 1.82) is 0 Å². The second kappa shape index (κ2) is 7.81. The van der Waals surface area contributed by atoms with Gasteiger partial charge in [0.05, 0.1) is 7.11 Å². The summed E-state index contributed by atoms with van der Waals surface area (Å²) in [5.41, 5.74) is 2.65.